The quantitative estimate of drug-likeness (QED) is 0.701. The minimum absolute atomic E-state index is 1.08. The monoisotopic (exact) mass is 189 g/mol. The normalized spacial score (nSPS) is 11.5. The van der Waals surface area contributed by atoms with Gasteiger partial charge in [0.25, 0.3) is 0 Å². The summed E-state index contributed by atoms with van der Waals surface area (Å²) in [5.41, 5.74) is 2.61. The first-order valence-corrected chi connectivity index (χ1v) is 5.26. The van der Waals surface area contributed by atoms with E-state index < -0.39 is 0 Å². The Morgan fingerprint density at radius 3 is 2.21 bits per heavy atom. The fourth-order valence-corrected chi connectivity index (χ4v) is 1.60. The number of benzene rings is 1. The molecule has 0 bridgehead atoms. The standard InChI is InChI=1S/C13H19N/c1-4-14(5-2)12(3)11-13-9-7-6-8-10-13/h6-11H,4-5H2,1-3H3. The zero-order chi connectivity index (χ0) is 10.4. The molecule has 1 heteroatoms. The Labute approximate surface area is 87.1 Å². The molecule has 0 aromatic heterocycles. The molecule has 1 aromatic carbocycles. The highest BCUT2D eigenvalue weighted by molar-refractivity contribution is 5.51. The van der Waals surface area contributed by atoms with Crippen molar-refractivity contribution < 1.29 is 0 Å². The minimum Gasteiger partial charge on any atom is -0.376 e. The second-order valence-electron chi connectivity index (χ2n) is 3.37. The minimum atomic E-state index is 1.08. The van der Waals surface area contributed by atoms with Crippen molar-refractivity contribution >= 4 is 6.08 Å². The molecule has 0 unspecified atom stereocenters. The van der Waals surface area contributed by atoms with Gasteiger partial charge >= 0.3 is 0 Å². The average molecular weight is 189 g/mol. The van der Waals surface area contributed by atoms with Gasteiger partial charge < -0.3 is 4.90 Å². The van der Waals surface area contributed by atoms with E-state index in [4.69, 9.17) is 0 Å². The van der Waals surface area contributed by atoms with Gasteiger partial charge in [0.05, 0.1) is 0 Å². The first-order valence-electron chi connectivity index (χ1n) is 5.26. The summed E-state index contributed by atoms with van der Waals surface area (Å²) in [6.07, 6.45) is 2.23. The first kappa shape index (κ1) is 10.8. The highest BCUT2D eigenvalue weighted by Crippen LogP contribution is 2.09. The second-order valence-corrected chi connectivity index (χ2v) is 3.37. The van der Waals surface area contributed by atoms with E-state index in [2.05, 4.69) is 56.0 Å². The van der Waals surface area contributed by atoms with Gasteiger partial charge in [0, 0.05) is 18.8 Å². The van der Waals surface area contributed by atoms with E-state index in [1.807, 2.05) is 6.07 Å². The maximum Gasteiger partial charge on any atom is 0.0146 e. The SMILES string of the molecule is CCN(CC)C(C)=Cc1ccccc1. The van der Waals surface area contributed by atoms with Crippen LogP contribution in [0.5, 0.6) is 0 Å². The number of hydrogen-bond acceptors (Lipinski definition) is 1. The lowest BCUT2D eigenvalue weighted by Gasteiger charge is -2.21. The summed E-state index contributed by atoms with van der Waals surface area (Å²) >= 11 is 0. The summed E-state index contributed by atoms with van der Waals surface area (Å²) < 4.78 is 0. The third-order valence-electron chi connectivity index (χ3n) is 2.44. The third-order valence-corrected chi connectivity index (χ3v) is 2.44. The third kappa shape index (κ3) is 2.91. The Hall–Kier alpha value is -1.24. The van der Waals surface area contributed by atoms with Crippen LogP contribution >= 0.6 is 0 Å². The lowest BCUT2D eigenvalue weighted by atomic mass is 10.2. The fraction of sp³-hybridized carbons (Fsp3) is 0.385. The van der Waals surface area contributed by atoms with Gasteiger partial charge in [0.2, 0.25) is 0 Å². The maximum absolute atomic E-state index is 2.35. The molecule has 1 nitrogen and oxygen atoms in total. The van der Waals surface area contributed by atoms with E-state index in [-0.39, 0.29) is 0 Å². The Morgan fingerprint density at radius 1 is 1.14 bits per heavy atom. The molecule has 1 aromatic rings. The largest absolute Gasteiger partial charge is 0.376 e. The summed E-state index contributed by atoms with van der Waals surface area (Å²) in [6.45, 7) is 8.69. The van der Waals surface area contributed by atoms with Gasteiger partial charge in [0.1, 0.15) is 0 Å². The van der Waals surface area contributed by atoms with Crippen molar-refractivity contribution in [1.82, 2.24) is 4.90 Å². The number of hydrogen-bond donors (Lipinski definition) is 0. The van der Waals surface area contributed by atoms with Crippen LogP contribution in [0.3, 0.4) is 0 Å². The molecular formula is C13H19N. The van der Waals surface area contributed by atoms with Crippen molar-refractivity contribution in [3.8, 4) is 0 Å². The van der Waals surface area contributed by atoms with Gasteiger partial charge in [-0.1, -0.05) is 30.3 Å². The van der Waals surface area contributed by atoms with Crippen LogP contribution in [0.15, 0.2) is 36.0 Å². The van der Waals surface area contributed by atoms with Crippen LogP contribution in [0.4, 0.5) is 0 Å². The molecule has 0 spiro atoms. The zero-order valence-electron chi connectivity index (χ0n) is 9.33. The van der Waals surface area contributed by atoms with Crippen molar-refractivity contribution in [2.24, 2.45) is 0 Å². The fourth-order valence-electron chi connectivity index (χ4n) is 1.60. The van der Waals surface area contributed by atoms with E-state index in [9.17, 15) is 0 Å². The van der Waals surface area contributed by atoms with Gasteiger partial charge in [0.15, 0.2) is 0 Å². The molecule has 0 heterocycles. The smallest absolute Gasteiger partial charge is 0.0146 e. The van der Waals surface area contributed by atoms with E-state index in [0.717, 1.165) is 13.1 Å². The molecule has 1 rings (SSSR count). The summed E-state index contributed by atoms with van der Waals surface area (Å²) in [4.78, 5) is 2.35. The molecule has 0 aliphatic heterocycles. The van der Waals surface area contributed by atoms with E-state index in [1.54, 1.807) is 0 Å². The molecule has 0 aliphatic carbocycles. The molecule has 14 heavy (non-hydrogen) atoms. The molecular weight excluding hydrogens is 170 g/mol. The van der Waals surface area contributed by atoms with Gasteiger partial charge in [-0.25, -0.2) is 0 Å². The van der Waals surface area contributed by atoms with Crippen molar-refractivity contribution in [1.29, 1.82) is 0 Å². The molecule has 0 aliphatic rings. The number of nitrogens with zero attached hydrogens (tertiary/aromatic N) is 1. The zero-order valence-corrected chi connectivity index (χ0v) is 9.33. The Balaban J connectivity index is 2.77. The lowest BCUT2D eigenvalue weighted by molar-refractivity contribution is 0.387. The van der Waals surface area contributed by atoms with Crippen molar-refractivity contribution in [3.05, 3.63) is 41.6 Å². The number of rotatable bonds is 4. The molecule has 0 fully saturated rings. The summed E-state index contributed by atoms with van der Waals surface area (Å²) in [5.74, 6) is 0. The topological polar surface area (TPSA) is 3.24 Å². The maximum atomic E-state index is 2.35. The van der Waals surface area contributed by atoms with Crippen molar-refractivity contribution in [2.75, 3.05) is 13.1 Å². The lowest BCUT2D eigenvalue weighted by Crippen LogP contribution is -2.20. The molecule has 0 radical (unpaired) electrons. The van der Waals surface area contributed by atoms with Gasteiger partial charge in [-0.05, 0) is 32.4 Å². The Morgan fingerprint density at radius 2 is 1.71 bits per heavy atom. The molecule has 0 saturated carbocycles. The summed E-state index contributed by atoms with van der Waals surface area (Å²) in [5, 5.41) is 0. The van der Waals surface area contributed by atoms with Crippen LogP contribution in [0, 0.1) is 0 Å². The summed E-state index contributed by atoms with van der Waals surface area (Å²) in [7, 11) is 0. The van der Waals surface area contributed by atoms with Crippen molar-refractivity contribution in [3.63, 3.8) is 0 Å². The highest BCUT2D eigenvalue weighted by Gasteiger charge is 1.98. The molecule has 0 saturated heterocycles. The van der Waals surface area contributed by atoms with Gasteiger partial charge in [-0.3, -0.25) is 0 Å². The van der Waals surface area contributed by atoms with Crippen LogP contribution < -0.4 is 0 Å². The summed E-state index contributed by atoms with van der Waals surface area (Å²) in [6, 6.07) is 10.5. The molecule has 0 atom stereocenters. The van der Waals surface area contributed by atoms with Crippen LogP contribution in [0.1, 0.15) is 26.3 Å². The predicted molar refractivity (Wildman–Crippen MR) is 63.0 cm³/mol. The predicted octanol–water partition coefficient (Wildman–Crippen LogP) is 3.39. The van der Waals surface area contributed by atoms with Gasteiger partial charge in [-0.2, -0.15) is 0 Å². The van der Waals surface area contributed by atoms with Gasteiger partial charge in [-0.15, -0.1) is 0 Å². The molecule has 0 N–H and O–H groups in total. The Kier molecular flexibility index (Phi) is 4.24. The molecule has 76 valence electrons. The van der Waals surface area contributed by atoms with E-state index in [0.29, 0.717) is 0 Å². The van der Waals surface area contributed by atoms with Crippen LogP contribution in [0.25, 0.3) is 6.08 Å². The average Bonchev–Trinajstić information content (AvgIpc) is 2.21. The van der Waals surface area contributed by atoms with Crippen molar-refractivity contribution in [2.45, 2.75) is 20.8 Å². The first-order chi connectivity index (χ1) is 6.77. The Bertz CT molecular complexity index is 283. The van der Waals surface area contributed by atoms with Crippen LogP contribution in [-0.4, -0.2) is 18.0 Å². The molecule has 0 amide bonds. The van der Waals surface area contributed by atoms with Crippen LogP contribution in [-0.2, 0) is 0 Å². The van der Waals surface area contributed by atoms with E-state index in [1.165, 1.54) is 11.3 Å². The number of allylic oxidation sites excluding steroid dienone is 1. The second kappa shape index (κ2) is 5.48. The van der Waals surface area contributed by atoms with E-state index >= 15 is 0 Å². The van der Waals surface area contributed by atoms with Crippen LogP contribution in [0.2, 0.25) is 0 Å². The highest BCUT2D eigenvalue weighted by atomic mass is 15.1.